The molecule has 0 spiro atoms. The Morgan fingerprint density at radius 2 is 2.08 bits per heavy atom. The minimum atomic E-state index is -0.318. The van der Waals surface area contributed by atoms with Crippen molar-refractivity contribution in [3.8, 4) is 11.6 Å². The van der Waals surface area contributed by atoms with Gasteiger partial charge in [0.1, 0.15) is 23.6 Å². The lowest BCUT2D eigenvalue weighted by Gasteiger charge is -2.12. The van der Waals surface area contributed by atoms with Gasteiger partial charge in [0.25, 0.3) is 0 Å². The predicted octanol–water partition coefficient (Wildman–Crippen LogP) is 4.84. The average molecular weight is 387 g/mol. The Labute approximate surface area is 146 Å². The van der Waals surface area contributed by atoms with E-state index in [9.17, 15) is 4.39 Å². The van der Waals surface area contributed by atoms with Crippen LogP contribution in [0, 0.1) is 5.82 Å². The van der Waals surface area contributed by atoms with Gasteiger partial charge in [0.05, 0.1) is 0 Å². The molecule has 1 aromatic heterocycles. The summed E-state index contributed by atoms with van der Waals surface area (Å²) in [6.45, 7) is 0.562. The lowest BCUT2D eigenvalue weighted by Crippen LogP contribution is -2.04. The van der Waals surface area contributed by atoms with Crippen LogP contribution in [-0.2, 0) is 6.54 Å². The van der Waals surface area contributed by atoms with Crippen LogP contribution >= 0.6 is 15.9 Å². The second-order valence-corrected chi connectivity index (χ2v) is 6.16. The highest BCUT2D eigenvalue weighted by atomic mass is 79.9. The molecule has 1 aliphatic rings. The van der Waals surface area contributed by atoms with Crippen LogP contribution in [-0.4, -0.2) is 9.97 Å². The molecule has 2 aromatic carbocycles. The van der Waals surface area contributed by atoms with Crippen molar-refractivity contribution in [3.05, 3.63) is 64.6 Å². The van der Waals surface area contributed by atoms with E-state index in [1.165, 1.54) is 18.5 Å². The van der Waals surface area contributed by atoms with Crippen LogP contribution in [0.3, 0.4) is 0 Å². The maximum atomic E-state index is 13.4. The SMILES string of the molecule is Fc1cccc(Nc2ncnc3c2NCc2cc(Br)ccc2O3)c1. The molecule has 1 aliphatic heterocycles. The zero-order valence-electron chi connectivity index (χ0n) is 12.4. The van der Waals surface area contributed by atoms with Gasteiger partial charge < -0.3 is 15.4 Å². The molecule has 0 fully saturated rings. The van der Waals surface area contributed by atoms with Crippen molar-refractivity contribution >= 4 is 33.1 Å². The Kier molecular flexibility index (Phi) is 3.78. The van der Waals surface area contributed by atoms with Crippen molar-refractivity contribution in [1.29, 1.82) is 0 Å². The number of hydrogen-bond donors (Lipinski definition) is 2. The maximum absolute atomic E-state index is 13.4. The molecule has 5 nitrogen and oxygen atoms in total. The summed E-state index contributed by atoms with van der Waals surface area (Å²) >= 11 is 3.46. The first kappa shape index (κ1) is 14.9. The molecule has 0 atom stereocenters. The van der Waals surface area contributed by atoms with Gasteiger partial charge >= 0.3 is 0 Å². The Morgan fingerprint density at radius 3 is 2.96 bits per heavy atom. The number of benzene rings is 2. The Hall–Kier alpha value is -2.67. The van der Waals surface area contributed by atoms with E-state index in [2.05, 4.69) is 36.5 Å². The lowest BCUT2D eigenvalue weighted by molar-refractivity contribution is 0.463. The van der Waals surface area contributed by atoms with Gasteiger partial charge in [-0.2, -0.15) is 4.98 Å². The average Bonchev–Trinajstić information content (AvgIpc) is 2.74. The Balaban J connectivity index is 1.70. The quantitative estimate of drug-likeness (QED) is 0.659. The molecule has 2 N–H and O–H groups in total. The van der Waals surface area contributed by atoms with E-state index in [-0.39, 0.29) is 5.82 Å². The van der Waals surface area contributed by atoms with Crippen LogP contribution in [0.2, 0.25) is 0 Å². The zero-order chi connectivity index (χ0) is 16.5. The van der Waals surface area contributed by atoms with Gasteiger partial charge in [0, 0.05) is 22.3 Å². The summed E-state index contributed by atoms with van der Waals surface area (Å²) < 4.78 is 20.3. The van der Waals surface area contributed by atoms with Crippen molar-refractivity contribution in [2.75, 3.05) is 10.6 Å². The molecule has 0 bridgehead atoms. The third-order valence-electron chi connectivity index (χ3n) is 3.58. The molecule has 4 rings (SSSR count). The van der Waals surface area contributed by atoms with Crippen molar-refractivity contribution < 1.29 is 9.13 Å². The normalized spacial score (nSPS) is 12.2. The van der Waals surface area contributed by atoms with Crippen LogP contribution < -0.4 is 15.4 Å². The summed E-state index contributed by atoms with van der Waals surface area (Å²) in [6, 6.07) is 12.0. The third-order valence-corrected chi connectivity index (χ3v) is 4.08. The minimum absolute atomic E-state index is 0.318. The first-order chi connectivity index (χ1) is 11.7. The molecule has 0 unspecified atom stereocenters. The monoisotopic (exact) mass is 386 g/mol. The van der Waals surface area contributed by atoms with E-state index in [0.717, 1.165) is 15.8 Å². The van der Waals surface area contributed by atoms with Crippen molar-refractivity contribution in [2.24, 2.45) is 0 Å². The van der Waals surface area contributed by atoms with Crippen LogP contribution in [0.1, 0.15) is 5.56 Å². The molecular formula is C17H12BrFN4O. The lowest BCUT2D eigenvalue weighted by atomic mass is 10.2. The van der Waals surface area contributed by atoms with E-state index in [1.807, 2.05) is 18.2 Å². The van der Waals surface area contributed by atoms with Crippen molar-refractivity contribution in [2.45, 2.75) is 6.54 Å². The second kappa shape index (κ2) is 6.09. The van der Waals surface area contributed by atoms with Crippen molar-refractivity contribution in [3.63, 3.8) is 0 Å². The zero-order valence-corrected chi connectivity index (χ0v) is 14.0. The molecular weight excluding hydrogens is 375 g/mol. The van der Waals surface area contributed by atoms with E-state index < -0.39 is 0 Å². The number of hydrogen-bond acceptors (Lipinski definition) is 5. The predicted molar refractivity (Wildman–Crippen MR) is 93.3 cm³/mol. The molecule has 2 heterocycles. The number of aromatic nitrogens is 2. The fourth-order valence-electron chi connectivity index (χ4n) is 2.48. The standard InChI is InChI=1S/C17H12BrFN4O/c18-11-4-5-14-10(6-11)8-20-15-16(21-9-22-17(15)24-14)23-13-3-1-2-12(19)7-13/h1-7,9,20H,8H2,(H,21,22,23). The highest BCUT2D eigenvalue weighted by Gasteiger charge is 2.19. The van der Waals surface area contributed by atoms with Gasteiger partial charge in [0.2, 0.25) is 5.88 Å². The van der Waals surface area contributed by atoms with Crippen LogP contribution in [0.15, 0.2) is 53.3 Å². The minimum Gasteiger partial charge on any atom is -0.437 e. The van der Waals surface area contributed by atoms with Crippen LogP contribution in [0.5, 0.6) is 11.6 Å². The fraction of sp³-hybridized carbons (Fsp3) is 0.0588. The van der Waals surface area contributed by atoms with E-state index in [4.69, 9.17) is 4.74 Å². The molecule has 0 amide bonds. The van der Waals surface area contributed by atoms with E-state index >= 15 is 0 Å². The van der Waals surface area contributed by atoms with Gasteiger partial charge in [-0.15, -0.1) is 0 Å². The molecule has 0 saturated heterocycles. The second-order valence-electron chi connectivity index (χ2n) is 5.25. The molecule has 0 radical (unpaired) electrons. The highest BCUT2D eigenvalue weighted by molar-refractivity contribution is 9.10. The number of anilines is 3. The summed E-state index contributed by atoms with van der Waals surface area (Å²) in [6.07, 6.45) is 1.41. The summed E-state index contributed by atoms with van der Waals surface area (Å²) in [5.41, 5.74) is 2.23. The largest absolute Gasteiger partial charge is 0.437 e. The smallest absolute Gasteiger partial charge is 0.248 e. The van der Waals surface area contributed by atoms with E-state index in [0.29, 0.717) is 29.6 Å². The summed E-state index contributed by atoms with van der Waals surface area (Å²) in [5.74, 6) is 1.36. The summed E-state index contributed by atoms with van der Waals surface area (Å²) in [5, 5.41) is 6.38. The first-order valence-electron chi connectivity index (χ1n) is 7.27. The van der Waals surface area contributed by atoms with Crippen molar-refractivity contribution in [1.82, 2.24) is 9.97 Å². The molecule has 3 aromatic rings. The molecule has 120 valence electrons. The van der Waals surface area contributed by atoms with Crippen LogP contribution in [0.25, 0.3) is 0 Å². The van der Waals surface area contributed by atoms with Crippen LogP contribution in [0.4, 0.5) is 21.6 Å². The van der Waals surface area contributed by atoms with E-state index in [1.54, 1.807) is 12.1 Å². The molecule has 7 heteroatoms. The van der Waals surface area contributed by atoms with Gasteiger partial charge in [-0.05, 0) is 36.4 Å². The highest BCUT2D eigenvalue weighted by Crippen LogP contribution is 2.38. The van der Waals surface area contributed by atoms with Gasteiger partial charge in [-0.25, -0.2) is 9.37 Å². The number of fused-ring (bicyclic) bond motifs is 2. The first-order valence-corrected chi connectivity index (χ1v) is 8.06. The number of halogens is 2. The van der Waals surface area contributed by atoms with Gasteiger partial charge in [-0.3, -0.25) is 0 Å². The van der Waals surface area contributed by atoms with Gasteiger partial charge in [0.15, 0.2) is 5.82 Å². The molecule has 0 saturated carbocycles. The summed E-state index contributed by atoms with van der Waals surface area (Å²) in [7, 11) is 0. The molecule has 0 aliphatic carbocycles. The number of ether oxygens (including phenoxy) is 1. The third kappa shape index (κ3) is 2.90. The van der Waals surface area contributed by atoms with Gasteiger partial charge in [-0.1, -0.05) is 22.0 Å². The number of nitrogens with one attached hydrogen (secondary N) is 2. The maximum Gasteiger partial charge on any atom is 0.248 e. The number of nitrogens with zero attached hydrogens (tertiary/aromatic N) is 2. The Morgan fingerprint density at radius 1 is 1.17 bits per heavy atom. The summed E-state index contributed by atoms with van der Waals surface area (Å²) in [4.78, 5) is 8.44. The number of rotatable bonds is 2. The Bertz CT molecular complexity index is 919. The molecule has 24 heavy (non-hydrogen) atoms. The fourth-order valence-corrected chi connectivity index (χ4v) is 2.89. The topological polar surface area (TPSA) is 59.1 Å².